The van der Waals surface area contributed by atoms with Crippen LogP contribution in [-0.2, 0) is 0 Å². The molecule has 0 aliphatic heterocycles. The Morgan fingerprint density at radius 3 is 1.29 bits per heavy atom. The van der Waals surface area contributed by atoms with E-state index in [4.69, 9.17) is 18.2 Å². The zero-order chi connectivity index (χ0) is 33.5. The van der Waals surface area contributed by atoms with Crippen LogP contribution in [-0.4, -0.2) is 24.9 Å². The summed E-state index contributed by atoms with van der Waals surface area (Å²) >= 11 is 0. The van der Waals surface area contributed by atoms with Crippen LogP contribution in [0.3, 0.4) is 0 Å². The quantitative estimate of drug-likeness (QED) is 0.188. The van der Waals surface area contributed by atoms with Crippen molar-refractivity contribution in [2.24, 2.45) is 0 Å². The van der Waals surface area contributed by atoms with Gasteiger partial charge in [0.2, 0.25) is 0 Å². The van der Waals surface area contributed by atoms with Gasteiger partial charge in [-0.05, 0) is 96.1 Å². The Labute approximate surface area is 281 Å². The first-order chi connectivity index (χ1) is 24.2. The first kappa shape index (κ1) is 30.0. The first-order valence-corrected chi connectivity index (χ1v) is 16.5. The molecule has 0 spiro atoms. The second-order valence-electron chi connectivity index (χ2n) is 11.0. The molecule has 0 radical (unpaired) electrons. The highest BCUT2D eigenvalue weighted by Crippen LogP contribution is 2.37. The number of hydrogen-bond acceptors (Lipinski definition) is 8. The van der Waals surface area contributed by atoms with Crippen molar-refractivity contribution in [3.05, 3.63) is 116 Å². The molecule has 6 heterocycles. The van der Waals surface area contributed by atoms with Gasteiger partial charge < -0.3 is 13.3 Å². The fourth-order valence-corrected chi connectivity index (χ4v) is 6.18. The minimum absolute atomic E-state index is 0.572. The molecule has 0 bridgehead atoms. The molecule has 0 unspecified atom stereocenters. The molecule has 0 saturated heterocycles. The minimum atomic E-state index is 0.572. The standard InChI is InChI=1S/C37H19N5O3.2C2H6/c1-3-32-34(38-13-1)26-16-21(6-10-30(26)44-32)20-5-9-28-24(15-20)25-17-22(7-11-29(25)43-28)36-40-19-41-37(42-36)23-8-12-31-27(18-23)35-33(45-31)4-2-14-39-35;2*1-2/h1-19H;2*1-2H3. The molecule has 0 N–H and O–H groups in total. The molecule has 6 aromatic heterocycles. The normalized spacial score (nSPS) is 11.3. The third-order valence-electron chi connectivity index (χ3n) is 8.34. The van der Waals surface area contributed by atoms with Crippen LogP contribution in [0, 0.1) is 0 Å². The summed E-state index contributed by atoms with van der Waals surface area (Å²) in [5.41, 5.74) is 10.3. The van der Waals surface area contributed by atoms with E-state index in [2.05, 4.69) is 50.3 Å². The van der Waals surface area contributed by atoms with Gasteiger partial charge in [0.1, 0.15) is 39.7 Å². The van der Waals surface area contributed by atoms with Gasteiger partial charge in [0.05, 0.1) is 0 Å². The SMILES string of the molecule is CC.CC.c1cnc2c(c1)oc1ccc(-c3ccc4oc5ccc(-c6ncnc(-c7ccc8oc9cccnc9c8c7)n6)cc5c4c3)cc12. The predicted molar refractivity (Wildman–Crippen MR) is 196 cm³/mol. The largest absolute Gasteiger partial charge is 0.456 e. The van der Waals surface area contributed by atoms with Gasteiger partial charge in [0.15, 0.2) is 22.8 Å². The molecule has 10 rings (SSSR count). The van der Waals surface area contributed by atoms with Crippen molar-refractivity contribution in [1.82, 2.24) is 24.9 Å². The zero-order valence-electron chi connectivity index (χ0n) is 27.4. The molecule has 49 heavy (non-hydrogen) atoms. The predicted octanol–water partition coefficient (Wildman–Crippen LogP) is 11.4. The van der Waals surface area contributed by atoms with Crippen molar-refractivity contribution in [2.45, 2.75) is 27.7 Å². The van der Waals surface area contributed by atoms with E-state index < -0.39 is 0 Å². The number of rotatable bonds is 3. The Hall–Kier alpha value is -6.41. The third kappa shape index (κ3) is 5.05. The summed E-state index contributed by atoms with van der Waals surface area (Å²) < 4.78 is 18.1. The summed E-state index contributed by atoms with van der Waals surface area (Å²) in [6, 6.07) is 32.0. The molecule has 0 aliphatic carbocycles. The fourth-order valence-electron chi connectivity index (χ4n) is 6.18. The molecular formula is C41H31N5O3. The molecule has 0 atom stereocenters. The fraction of sp³-hybridized carbons (Fsp3) is 0.0976. The topological polar surface area (TPSA) is 104 Å². The number of benzene rings is 4. The first-order valence-electron chi connectivity index (χ1n) is 16.5. The molecule has 0 saturated carbocycles. The molecule has 8 heteroatoms. The Morgan fingerprint density at radius 2 is 0.776 bits per heavy atom. The smallest absolute Gasteiger partial charge is 0.163 e. The summed E-state index contributed by atoms with van der Waals surface area (Å²) in [6.07, 6.45) is 5.10. The van der Waals surface area contributed by atoms with Gasteiger partial charge in [-0.1, -0.05) is 39.8 Å². The lowest BCUT2D eigenvalue weighted by atomic mass is 10.0. The zero-order valence-corrected chi connectivity index (χ0v) is 27.4. The number of nitrogens with zero attached hydrogens (tertiary/aromatic N) is 5. The van der Waals surface area contributed by atoms with E-state index in [0.29, 0.717) is 11.6 Å². The maximum absolute atomic E-state index is 6.22. The van der Waals surface area contributed by atoms with Crippen LogP contribution in [0.15, 0.2) is 129 Å². The summed E-state index contributed by atoms with van der Waals surface area (Å²) in [6.45, 7) is 8.00. The minimum Gasteiger partial charge on any atom is -0.456 e. The number of hydrogen-bond donors (Lipinski definition) is 0. The van der Waals surface area contributed by atoms with Crippen LogP contribution >= 0.6 is 0 Å². The molecule has 238 valence electrons. The van der Waals surface area contributed by atoms with Gasteiger partial charge in [-0.25, -0.2) is 15.0 Å². The average Bonchev–Trinajstić information content (AvgIpc) is 3.86. The van der Waals surface area contributed by atoms with Crippen molar-refractivity contribution in [3.63, 3.8) is 0 Å². The lowest BCUT2D eigenvalue weighted by Gasteiger charge is -2.04. The summed E-state index contributed by atoms with van der Waals surface area (Å²) in [5, 5.41) is 3.91. The number of pyridine rings is 2. The van der Waals surface area contributed by atoms with E-state index in [0.717, 1.165) is 88.3 Å². The second kappa shape index (κ2) is 12.3. The van der Waals surface area contributed by atoms with Crippen LogP contribution in [0.2, 0.25) is 0 Å². The molecule has 0 amide bonds. The van der Waals surface area contributed by atoms with Gasteiger partial charge in [-0.15, -0.1) is 0 Å². The van der Waals surface area contributed by atoms with Crippen LogP contribution in [0.5, 0.6) is 0 Å². The third-order valence-corrected chi connectivity index (χ3v) is 8.34. The summed E-state index contributed by atoms with van der Waals surface area (Å²) in [5.74, 6) is 1.15. The highest BCUT2D eigenvalue weighted by molar-refractivity contribution is 6.09. The molecule has 10 aromatic rings. The van der Waals surface area contributed by atoms with Crippen LogP contribution in [0.1, 0.15) is 27.7 Å². The van der Waals surface area contributed by atoms with E-state index in [1.807, 2.05) is 94.4 Å². The van der Waals surface area contributed by atoms with E-state index in [9.17, 15) is 0 Å². The van der Waals surface area contributed by atoms with Gasteiger partial charge in [0.25, 0.3) is 0 Å². The van der Waals surface area contributed by atoms with E-state index in [1.165, 1.54) is 0 Å². The number of fused-ring (bicyclic) bond motifs is 9. The van der Waals surface area contributed by atoms with Crippen molar-refractivity contribution in [2.75, 3.05) is 0 Å². The Balaban J connectivity index is 0.000000843. The monoisotopic (exact) mass is 641 g/mol. The highest BCUT2D eigenvalue weighted by atomic mass is 16.3. The molecule has 0 fully saturated rings. The van der Waals surface area contributed by atoms with Gasteiger partial charge in [-0.3, -0.25) is 9.97 Å². The molecule has 0 aliphatic rings. The molecular weight excluding hydrogens is 610 g/mol. The summed E-state index contributed by atoms with van der Waals surface area (Å²) in [4.78, 5) is 22.9. The molecule has 8 nitrogen and oxygen atoms in total. The molecule has 4 aromatic carbocycles. The second-order valence-corrected chi connectivity index (χ2v) is 11.0. The maximum Gasteiger partial charge on any atom is 0.163 e. The van der Waals surface area contributed by atoms with Gasteiger partial charge in [0, 0.05) is 45.1 Å². The van der Waals surface area contributed by atoms with Crippen LogP contribution in [0.25, 0.3) is 100.0 Å². The van der Waals surface area contributed by atoms with Crippen molar-refractivity contribution in [3.8, 4) is 33.9 Å². The van der Waals surface area contributed by atoms with Crippen LogP contribution < -0.4 is 0 Å². The van der Waals surface area contributed by atoms with Crippen molar-refractivity contribution < 1.29 is 13.3 Å². The summed E-state index contributed by atoms with van der Waals surface area (Å²) in [7, 11) is 0. The van der Waals surface area contributed by atoms with Crippen LogP contribution in [0.4, 0.5) is 0 Å². The van der Waals surface area contributed by atoms with E-state index in [-0.39, 0.29) is 0 Å². The van der Waals surface area contributed by atoms with Gasteiger partial charge in [-0.2, -0.15) is 0 Å². The maximum atomic E-state index is 6.22. The van der Waals surface area contributed by atoms with Gasteiger partial charge >= 0.3 is 0 Å². The van der Waals surface area contributed by atoms with Crippen molar-refractivity contribution >= 4 is 66.1 Å². The van der Waals surface area contributed by atoms with Crippen molar-refractivity contribution in [1.29, 1.82) is 0 Å². The Kier molecular flexibility index (Phi) is 7.53. The number of furan rings is 3. The number of aromatic nitrogens is 5. The highest BCUT2D eigenvalue weighted by Gasteiger charge is 2.15. The Morgan fingerprint density at radius 1 is 0.388 bits per heavy atom. The van der Waals surface area contributed by atoms with E-state index >= 15 is 0 Å². The lowest BCUT2D eigenvalue weighted by molar-refractivity contribution is 0.668. The Bertz CT molecular complexity index is 2790. The van der Waals surface area contributed by atoms with E-state index in [1.54, 1.807) is 18.7 Å². The average molecular weight is 642 g/mol. The lowest BCUT2D eigenvalue weighted by Crippen LogP contribution is -1.95.